The van der Waals surface area contributed by atoms with Gasteiger partial charge in [0, 0.05) is 37.0 Å². The molecule has 0 amide bonds. The van der Waals surface area contributed by atoms with Gasteiger partial charge in [0.05, 0.1) is 5.69 Å². The predicted molar refractivity (Wildman–Crippen MR) is 72.9 cm³/mol. The zero-order valence-corrected chi connectivity index (χ0v) is 11.2. The molecule has 1 heterocycles. The van der Waals surface area contributed by atoms with Crippen molar-refractivity contribution in [2.45, 2.75) is 33.0 Å². The summed E-state index contributed by atoms with van der Waals surface area (Å²) in [4.78, 5) is 0. The summed E-state index contributed by atoms with van der Waals surface area (Å²) >= 11 is 0. The molecule has 102 valence electrons. The lowest BCUT2D eigenvalue weighted by Gasteiger charge is -2.16. The number of aryl methyl sites for hydroxylation is 1. The maximum Gasteiger partial charge on any atom is 0.123 e. The van der Waals surface area contributed by atoms with E-state index in [1.165, 1.54) is 6.07 Å². The summed E-state index contributed by atoms with van der Waals surface area (Å²) in [5.41, 5.74) is 1.87. The van der Waals surface area contributed by atoms with Gasteiger partial charge in [0.2, 0.25) is 0 Å². The Balaban J connectivity index is 2.02. The smallest absolute Gasteiger partial charge is 0.123 e. The standard InChI is InChI=1S/C14H19N3O2/c1-3-17-13(6-7-16-17)10(2)15-9-11-4-5-12(18)8-14(11)19/h4-8,10,15,18-19H,3,9H2,1-2H3. The van der Waals surface area contributed by atoms with Crippen molar-refractivity contribution >= 4 is 0 Å². The quantitative estimate of drug-likeness (QED) is 0.771. The van der Waals surface area contributed by atoms with E-state index in [1.54, 1.807) is 18.3 Å². The van der Waals surface area contributed by atoms with Crippen molar-refractivity contribution in [2.24, 2.45) is 0 Å². The van der Waals surface area contributed by atoms with Crippen LogP contribution in [-0.2, 0) is 13.1 Å². The molecule has 0 aliphatic carbocycles. The minimum absolute atomic E-state index is 0.0679. The van der Waals surface area contributed by atoms with E-state index >= 15 is 0 Å². The van der Waals surface area contributed by atoms with Crippen molar-refractivity contribution in [1.29, 1.82) is 0 Å². The Labute approximate surface area is 112 Å². The summed E-state index contributed by atoms with van der Waals surface area (Å²) in [7, 11) is 0. The fourth-order valence-electron chi connectivity index (χ4n) is 2.04. The second kappa shape index (κ2) is 5.75. The molecule has 5 heteroatoms. The van der Waals surface area contributed by atoms with Crippen LogP contribution in [0.3, 0.4) is 0 Å². The number of hydrogen-bond donors (Lipinski definition) is 3. The van der Waals surface area contributed by atoms with E-state index < -0.39 is 0 Å². The monoisotopic (exact) mass is 261 g/mol. The molecule has 1 aromatic heterocycles. The number of hydrogen-bond acceptors (Lipinski definition) is 4. The number of nitrogens with zero attached hydrogens (tertiary/aromatic N) is 2. The Morgan fingerprint density at radius 3 is 2.79 bits per heavy atom. The molecule has 0 saturated carbocycles. The molecular weight excluding hydrogens is 242 g/mol. The fraction of sp³-hybridized carbons (Fsp3) is 0.357. The summed E-state index contributed by atoms with van der Waals surface area (Å²) in [6, 6.07) is 6.74. The molecule has 3 N–H and O–H groups in total. The van der Waals surface area contributed by atoms with Crippen molar-refractivity contribution < 1.29 is 10.2 Å². The first-order valence-electron chi connectivity index (χ1n) is 6.37. The van der Waals surface area contributed by atoms with Gasteiger partial charge >= 0.3 is 0 Å². The summed E-state index contributed by atoms with van der Waals surface area (Å²) in [5, 5.41) is 26.5. The average Bonchev–Trinajstić information content (AvgIpc) is 2.85. The highest BCUT2D eigenvalue weighted by Gasteiger charge is 2.11. The summed E-state index contributed by atoms with van der Waals surface area (Å²) < 4.78 is 1.94. The van der Waals surface area contributed by atoms with Gasteiger partial charge in [-0.3, -0.25) is 4.68 Å². The molecule has 2 rings (SSSR count). The van der Waals surface area contributed by atoms with Gasteiger partial charge in [0.15, 0.2) is 0 Å². The third-order valence-corrected chi connectivity index (χ3v) is 3.16. The molecule has 0 saturated heterocycles. The maximum absolute atomic E-state index is 9.72. The molecule has 1 atom stereocenters. The molecule has 5 nitrogen and oxygen atoms in total. The Bertz CT molecular complexity index is 551. The minimum Gasteiger partial charge on any atom is -0.508 e. The first kappa shape index (κ1) is 13.4. The number of benzene rings is 1. The first-order chi connectivity index (χ1) is 9.11. The van der Waals surface area contributed by atoms with Crippen molar-refractivity contribution in [3.63, 3.8) is 0 Å². The number of aromatic hydroxyl groups is 2. The summed E-state index contributed by atoms with van der Waals surface area (Å²) in [6.07, 6.45) is 1.79. The lowest BCUT2D eigenvalue weighted by atomic mass is 10.1. The van der Waals surface area contributed by atoms with Gasteiger partial charge in [0.25, 0.3) is 0 Å². The lowest BCUT2D eigenvalue weighted by molar-refractivity contribution is 0.439. The average molecular weight is 261 g/mol. The summed E-state index contributed by atoms with van der Waals surface area (Å²) in [6.45, 7) is 5.47. The van der Waals surface area contributed by atoms with Crippen molar-refractivity contribution in [3.8, 4) is 11.5 Å². The van der Waals surface area contributed by atoms with Gasteiger partial charge in [-0.1, -0.05) is 6.07 Å². The van der Waals surface area contributed by atoms with Gasteiger partial charge in [-0.25, -0.2) is 0 Å². The molecule has 0 aliphatic rings. The Hall–Kier alpha value is -2.01. The highest BCUT2D eigenvalue weighted by atomic mass is 16.3. The molecule has 19 heavy (non-hydrogen) atoms. The molecule has 0 fully saturated rings. The molecule has 0 aliphatic heterocycles. The first-order valence-corrected chi connectivity index (χ1v) is 6.37. The highest BCUT2D eigenvalue weighted by molar-refractivity contribution is 5.38. The van der Waals surface area contributed by atoms with Crippen LogP contribution >= 0.6 is 0 Å². The number of phenols is 2. The van der Waals surface area contributed by atoms with E-state index in [1.807, 2.05) is 10.7 Å². The number of phenolic OH excluding ortho intramolecular Hbond substituents is 2. The van der Waals surface area contributed by atoms with Crippen LogP contribution in [0.25, 0.3) is 0 Å². The van der Waals surface area contributed by atoms with Crippen molar-refractivity contribution in [1.82, 2.24) is 15.1 Å². The second-order valence-electron chi connectivity index (χ2n) is 4.49. The molecule has 0 radical (unpaired) electrons. The second-order valence-corrected chi connectivity index (χ2v) is 4.49. The normalized spacial score (nSPS) is 12.5. The van der Waals surface area contributed by atoms with Gasteiger partial charge in [-0.05, 0) is 26.0 Å². The van der Waals surface area contributed by atoms with E-state index in [0.717, 1.165) is 17.8 Å². The lowest BCUT2D eigenvalue weighted by Crippen LogP contribution is -2.21. The van der Waals surface area contributed by atoms with Gasteiger partial charge in [-0.2, -0.15) is 5.10 Å². The number of rotatable bonds is 5. The Kier molecular flexibility index (Phi) is 4.06. The Morgan fingerprint density at radius 1 is 1.32 bits per heavy atom. The van der Waals surface area contributed by atoms with Gasteiger partial charge in [-0.15, -0.1) is 0 Å². The van der Waals surface area contributed by atoms with E-state index in [4.69, 9.17) is 0 Å². The predicted octanol–water partition coefficient (Wildman–Crippen LogP) is 2.17. The van der Waals surface area contributed by atoms with Crippen LogP contribution in [0.5, 0.6) is 11.5 Å². The largest absolute Gasteiger partial charge is 0.508 e. The van der Waals surface area contributed by atoms with Crippen LogP contribution in [0.1, 0.15) is 31.1 Å². The molecule has 1 aromatic carbocycles. The van der Waals surface area contributed by atoms with Crippen LogP contribution in [0, 0.1) is 0 Å². The van der Waals surface area contributed by atoms with Crippen LogP contribution < -0.4 is 5.32 Å². The molecule has 0 bridgehead atoms. The van der Waals surface area contributed by atoms with E-state index in [0.29, 0.717) is 6.54 Å². The third kappa shape index (κ3) is 3.06. The zero-order chi connectivity index (χ0) is 13.8. The van der Waals surface area contributed by atoms with Crippen LogP contribution in [-0.4, -0.2) is 20.0 Å². The number of nitrogens with one attached hydrogen (secondary N) is 1. The zero-order valence-electron chi connectivity index (χ0n) is 11.2. The van der Waals surface area contributed by atoms with E-state index in [9.17, 15) is 10.2 Å². The van der Waals surface area contributed by atoms with E-state index in [2.05, 4.69) is 24.3 Å². The van der Waals surface area contributed by atoms with Crippen LogP contribution in [0.2, 0.25) is 0 Å². The maximum atomic E-state index is 9.72. The molecular formula is C14H19N3O2. The van der Waals surface area contributed by atoms with Crippen LogP contribution in [0.15, 0.2) is 30.5 Å². The van der Waals surface area contributed by atoms with Crippen molar-refractivity contribution in [2.75, 3.05) is 0 Å². The third-order valence-electron chi connectivity index (χ3n) is 3.16. The minimum atomic E-state index is 0.0679. The van der Waals surface area contributed by atoms with E-state index in [-0.39, 0.29) is 17.5 Å². The van der Waals surface area contributed by atoms with Gasteiger partial charge in [0.1, 0.15) is 11.5 Å². The molecule has 0 spiro atoms. The van der Waals surface area contributed by atoms with Crippen molar-refractivity contribution in [3.05, 3.63) is 41.7 Å². The fourth-order valence-corrected chi connectivity index (χ4v) is 2.04. The topological polar surface area (TPSA) is 70.3 Å². The molecule has 2 aromatic rings. The van der Waals surface area contributed by atoms with Crippen LogP contribution in [0.4, 0.5) is 0 Å². The SMILES string of the molecule is CCn1nccc1C(C)NCc1ccc(O)cc1O. The summed E-state index contributed by atoms with van der Waals surface area (Å²) in [5.74, 6) is 0.169. The molecule has 1 unspecified atom stereocenters. The highest BCUT2D eigenvalue weighted by Crippen LogP contribution is 2.23. The number of aromatic nitrogens is 2. The Morgan fingerprint density at radius 2 is 2.11 bits per heavy atom. The van der Waals surface area contributed by atoms with Gasteiger partial charge < -0.3 is 15.5 Å².